The summed E-state index contributed by atoms with van der Waals surface area (Å²) in [5.41, 5.74) is 7.83. The number of hydrogen-bond donors (Lipinski definition) is 2. The highest BCUT2D eigenvalue weighted by Gasteiger charge is 2.33. The van der Waals surface area contributed by atoms with Gasteiger partial charge in [0.15, 0.2) is 11.6 Å². The van der Waals surface area contributed by atoms with Gasteiger partial charge in [-0.05, 0) is 22.7 Å². The molecule has 180 valence electrons. The lowest BCUT2D eigenvalue weighted by molar-refractivity contribution is 1.08. The number of nitrogens with zero attached hydrogens (tertiary/aromatic N) is 3. The Kier molecular flexibility index (Phi) is 5.55. The summed E-state index contributed by atoms with van der Waals surface area (Å²) in [6.07, 6.45) is 8.69. The molecule has 5 aromatic rings. The van der Waals surface area contributed by atoms with Crippen molar-refractivity contribution in [1.82, 2.24) is 15.0 Å². The number of rotatable bonds is 5. The van der Waals surface area contributed by atoms with Gasteiger partial charge >= 0.3 is 6.98 Å². The van der Waals surface area contributed by atoms with Crippen LogP contribution in [-0.2, 0) is 0 Å². The van der Waals surface area contributed by atoms with Gasteiger partial charge in [-0.2, -0.15) is 9.97 Å². The van der Waals surface area contributed by atoms with Crippen LogP contribution in [0.4, 0.5) is 11.6 Å². The number of para-hydroxylation sites is 1. The molecule has 0 atom stereocenters. The van der Waals surface area contributed by atoms with E-state index in [0.29, 0.717) is 17.6 Å². The fourth-order valence-corrected chi connectivity index (χ4v) is 5.25. The molecule has 6 heteroatoms. The van der Waals surface area contributed by atoms with Crippen LogP contribution in [0.3, 0.4) is 0 Å². The molecule has 0 unspecified atom stereocenters. The molecule has 7 rings (SSSR count). The first kappa shape index (κ1) is 22.2. The predicted octanol–water partition coefficient (Wildman–Crippen LogP) is 6.32. The first-order valence-corrected chi connectivity index (χ1v) is 12.8. The third-order valence-corrected chi connectivity index (χ3v) is 7.03. The van der Waals surface area contributed by atoms with E-state index in [1.807, 2.05) is 60.7 Å². The van der Waals surface area contributed by atoms with Gasteiger partial charge in [-0.1, -0.05) is 121 Å². The molecule has 0 fully saturated rings. The van der Waals surface area contributed by atoms with Crippen LogP contribution in [0.15, 0.2) is 127 Å². The molecule has 0 radical (unpaired) electrons. The van der Waals surface area contributed by atoms with E-state index in [2.05, 4.69) is 77.2 Å². The van der Waals surface area contributed by atoms with E-state index in [1.165, 1.54) is 22.2 Å². The van der Waals surface area contributed by atoms with Crippen molar-refractivity contribution in [3.63, 3.8) is 0 Å². The zero-order chi connectivity index (χ0) is 25.3. The van der Waals surface area contributed by atoms with Crippen molar-refractivity contribution in [1.29, 1.82) is 0 Å². The molecule has 0 spiro atoms. The molecule has 1 aliphatic heterocycles. The minimum Gasteiger partial charge on any atom is -0.405 e. The quantitative estimate of drug-likeness (QED) is 0.283. The third-order valence-electron chi connectivity index (χ3n) is 7.03. The monoisotopic (exact) mass is 489 g/mol. The third kappa shape index (κ3) is 4.06. The Labute approximate surface area is 222 Å². The second-order valence-corrected chi connectivity index (χ2v) is 9.41. The highest BCUT2D eigenvalue weighted by atomic mass is 15.2. The zero-order valence-electron chi connectivity index (χ0n) is 20.6. The second-order valence-electron chi connectivity index (χ2n) is 9.41. The summed E-state index contributed by atoms with van der Waals surface area (Å²) in [4.78, 5) is 14.6. The van der Waals surface area contributed by atoms with Crippen molar-refractivity contribution in [2.24, 2.45) is 0 Å². The Morgan fingerprint density at radius 2 is 1.21 bits per heavy atom. The van der Waals surface area contributed by atoms with Crippen molar-refractivity contribution >= 4 is 24.1 Å². The average Bonchev–Trinajstić information content (AvgIpc) is 3.53. The van der Waals surface area contributed by atoms with Crippen LogP contribution >= 0.6 is 0 Å². The predicted molar refractivity (Wildman–Crippen MR) is 156 cm³/mol. The number of fused-ring (bicyclic) bond motifs is 3. The lowest BCUT2D eigenvalue weighted by atomic mass is 9.59. The highest BCUT2D eigenvalue weighted by Crippen LogP contribution is 2.34. The number of aromatic nitrogens is 3. The molecule has 0 bridgehead atoms. The maximum atomic E-state index is 4.88. The fraction of sp³-hybridized carbons (Fsp3) is 0.0312. The second kappa shape index (κ2) is 9.49. The maximum absolute atomic E-state index is 4.88. The SMILES string of the molecule is C1=CC(c2cccc3c2B(Nc2nc(-c4ccccc4)nc(-c4ccccc4)n2)Nc2ccccc2-3)C=C1. The van der Waals surface area contributed by atoms with Gasteiger partial charge in [0.2, 0.25) is 5.95 Å². The molecule has 38 heavy (non-hydrogen) atoms. The smallest absolute Gasteiger partial charge is 0.405 e. The van der Waals surface area contributed by atoms with Crippen LogP contribution in [0.1, 0.15) is 11.5 Å². The molecule has 4 aromatic carbocycles. The standard InChI is InChI=1S/C32H24BN5/c1-3-14-23(15-4-1)30-34-31(24-16-5-2-6-17-24)36-32(35-30)38-33-29-25(22-12-7-8-13-22)19-11-20-27(29)26-18-9-10-21-28(26)37-33/h1-22,37H,(H,34,35,36,38). The minimum absolute atomic E-state index is 0.222. The lowest BCUT2D eigenvalue weighted by Gasteiger charge is -2.30. The Morgan fingerprint density at radius 3 is 1.89 bits per heavy atom. The molecule has 2 heterocycles. The van der Waals surface area contributed by atoms with Crippen LogP contribution in [0, 0.1) is 0 Å². The maximum Gasteiger partial charge on any atom is 0.409 e. The minimum atomic E-state index is -0.229. The van der Waals surface area contributed by atoms with Crippen LogP contribution in [0.5, 0.6) is 0 Å². The van der Waals surface area contributed by atoms with E-state index in [1.54, 1.807) is 0 Å². The van der Waals surface area contributed by atoms with Crippen LogP contribution < -0.4 is 15.9 Å². The van der Waals surface area contributed by atoms with Gasteiger partial charge in [0.05, 0.1) is 0 Å². The summed E-state index contributed by atoms with van der Waals surface area (Å²) < 4.78 is 0. The lowest BCUT2D eigenvalue weighted by Crippen LogP contribution is -2.51. The summed E-state index contributed by atoms with van der Waals surface area (Å²) in [5.74, 6) is 2.01. The molecule has 0 saturated carbocycles. The first-order chi connectivity index (χ1) is 18.8. The summed E-state index contributed by atoms with van der Waals surface area (Å²) in [6, 6.07) is 35.1. The molecule has 1 aliphatic carbocycles. The summed E-state index contributed by atoms with van der Waals surface area (Å²) >= 11 is 0. The average molecular weight is 489 g/mol. The van der Waals surface area contributed by atoms with E-state index in [-0.39, 0.29) is 12.9 Å². The van der Waals surface area contributed by atoms with E-state index >= 15 is 0 Å². The van der Waals surface area contributed by atoms with Gasteiger partial charge in [-0.3, -0.25) is 0 Å². The molecular formula is C32H24BN5. The van der Waals surface area contributed by atoms with Crippen molar-refractivity contribution in [3.8, 4) is 33.9 Å². The van der Waals surface area contributed by atoms with E-state index in [4.69, 9.17) is 15.0 Å². The number of benzene rings is 4. The number of nitrogens with one attached hydrogen (secondary N) is 2. The highest BCUT2D eigenvalue weighted by molar-refractivity contribution is 6.81. The Morgan fingerprint density at radius 1 is 0.605 bits per heavy atom. The van der Waals surface area contributed by atoms with Crippen molar-refractivity contribution in [3.05, 3.63) is 133 Å². The number of hydrogen-bond acceptors (Lipinski definition) is 5. The van der Waals surface area contributed by atoms with E-state index in [0.717, 1.165) is 16.8 Å². The number of anilines is 2. The van der Waals surface area contributed by atoms with Crippen LogP contribution in [0.25, 0.3) is 33.9 Å². The van der Waals surface area contributed by atoms with Crippen molar-refractivity contribution in [2.75, 3.05) is 10.5 Å². The summed E-state index contributed by atoms with van der Waals surface area (Å²) in [7, 11) is 0. The molecular weight excluding hydrogens is 465 g/mol. The molecule has 1 aromatic heterocycles. The largest absolute Gasteiger partial charge is 0.409 e. The van der Waals surface area contributed by atoms with Gasteiger partial charge < -0.3 is 10.5 Å². The Hall–Kier alpha value is -4.97. The normalized spacial score (nSPS) is 13.6. The van der Waals surface area contributed by atoms with E-state index in [9.17, 15) is 0 Å². The number of allylic oxidation sites excluding steroid dienone is 4. The molecule has 2 aliphatic rings. The van der Waals surface area contributed by atoms with Crippen LogP contribution in [-0.4, -0.2) is 21.9 Å². The zero-order valence-corrected chi connectivity index (χ0v) is 20.6. The summed E-state index contributed by atoms with van der Waals surface area (Å²) in [6.45, 7) is -0.229. The Bertz CT molecular complexity index is 1610. The molecule has 0 saturated heterocycles. The molecule has 0 amide bonds. The molecule has 5 nitrogen and oxygen atoms in total. The van der Waals surface area contributed by atoms with Gasteiger partial charge in [0.25, 0.3) is 0 Å². The topological polar surface area (TPSA) is 62.7 Å². The Balaban J connectivity index is 1.36. The van der Waals surface area contributed by atoms with Gasteiger partial charge in [-0.25, -0.2) is 4.98 Å². The van der Waals surface area contributed by atoms with Crippen LogP contribution in [0.2, 0.25) is 0 Å². The fourth-order valence-electron chi connectivity index (χ4n) is 5.25. The summed E-state index contributed by atoms with van der Waals surface area (Å²) in [5, 5.41) is 7.36. The first-order valence-electron chi connectivity index (χ1n) is 12.8. The van der Waals surface area contributed by atoms with Crippen molar-refractivity contribution in [2.45, 2.75) is 5.92 Å². The van der Waals surface area contributed by atoms with Gasteiger partial charge in [-0.15, -0.1) is 0 Å². The van der Waals surface area contributed by atoms with E-state index < -0.39 is 0 Å². The van der Waals surface area contributed by atoms with Gasteiger partial charge in [0, 0.05) is 28.3 Å². The van der Waals surface area contributed by atoms with Crippen molar-refractivity contribution < 1.29 is 0 Å². The molecule has 2 N–H and O–H groups in total. The van der Waals surface area contributed by atoms with Gasteiger partial charge in [0.1, 0.15) is 0 Å².